The van der Waals surface area contributed by atoms with Gasteiger partial charge in [0.05, 0.1) is 11.2 Å². The number of nitrogens with one attached hydrogen (secondary N) is 1. The van der Waals surface area contributed by atoms with Crippen LogP contribution in [0.2, 0.25) is 5.02 Å². The molecule has 9 nitrogen and oxygen atoms in total. The molecule has 0 bridgehead atoms. The molecule has 0 atom stereocenters. The van der Waals surface area contributed by atoms with Crippen LogP contribution in [0.5, 0.6) is 0 Å². The summed E-state index contributed by atoms with van der Waals surface area (Å²) in [6.07, 6.45) is 5.10. The summed E-state index contributed by atoms with van der Waals surface area (Å²) in [6, 6.07) is 3.32. The Bertz CT molecular complexity index is 993. The number of nitrogens with zero attached hydrogens (tertiary/aromatic N) is 5. The Labute approximate surface area is 135 Å². The Kier molecular flexibility index (Phi) is 3.78. The molecule has 0 spiro atoms. The van der Waals surface area contributed by atoms with Crippen molar-refractivity contribution in [1.29, 1.82) is 0 Å². The second-order valence-electron chi connectivity index (χ2n) is 4.78. The number of aromatic nitrogens is 5. The molecule has 0 aromatic carbocycles. The highest BCUT2D eigenvalue weighted by atomic mass is 35.5. The van der Waals surface area contributed by atoms with Gasteiger partial charge in [-0.05, 0) is 12.1 Å². The minimum atomic E-state index is -3.35. The highest BCUT2D eigenvalue weighted by Gasteiger charge is 2.13. The lowest BCUT2D eigenvalue weighted by atomic mass is 10.5. The Morgan fingerprint density at radius 2 is 2.13 bits per heavy atom. The van der Waals surface area contributed by atoms with Crippen molar-refractivity contribution in [1.82, 2.24) is 24.4 Å². The Morgan fingerprint density at radius 1 is 1.35 bits per heavy atom. The zero-order valence-corrected chi connectivity index (χ0v) is 13.4. The fourth-order valence-electron chi connectivity index (χ4n) is 1.84. The minimum Gasteiger partial charge on any atom is -0.292 e. The number of hydrogen-bond donors (Lipinski definition) is 1. The van der Waals surface area contributed by atoms with Gasteiger partial charge in [-0.15, -0.1) is 5.10 Å². The molecule has 0 unspecified atom stereocenters. The molecule has 0 saturated carbocycles. The van der Waals surface area contributed by atoms with Gasteiger partial charge >= 0.3 is 0 Å². The van der Waals surface area contributed by atoms with Gasteiger partial charge in [0.25, 0.3) is 0 Å². The minimum absolute atomic E-state index is 0.0470. The van der Waals surface area contributed by atoms with E-state index in [4.69, 9.17) is 11.6 Å². The van der Waals surface area contributed by atoms with Crippen molar-refractivity contribution in [3.63, 3.8) is 0 Å². The predicted octanol–water partition coefficient (Wildman–Crippen LogP) is 0.621. The summed E-state index contributed by atoms with van der Waals surface area (Å²) >= 11 is 5.84. The summed E-state index contributed by atoms with van der Waals surface area (Å²) < 4.78 is 25.4. The normalized spacial score (nSPS) is 11.7. The summed E-state index contributed by atoms with van der Waals surface area (Å²) in [7, 11) is -3.35. The van der Waals surface area contributed by atoms with Gasteiger partial charge in [0, 0.05) is 18.6 Å². The van der Waals surface area contributed by atoms with Crippen LogP contribution in [-0.4, -0.2) is 45.0 Å². The van der Waals surface area contributed by atoms with Crippen LogP contribution in [-0.2, 0) is 21.2 Å². The predicted molar refractivity (Wildman–Crippen MR) is 82.0 cm³/mol. The molecule has 3 heterocycles. The van der Waals surface area contributed by atoms with Gasteiger partial charge in [0.2, 0.25) is 11.9 Å². The molecule has 0 aliphatic rings. The number of pyridine rings is 1. The van der Waals surface area contributed by atoms with Crippen LogP contribution < -0.4 is 5.32 Å². The maximum Gasteiger partial charge on any atom is 0.249 e. The number of halogens is 1. The van der Waals surface area contributed by atoms with Crippen LogP contribution in [0.15, 0.2) is 35.6 Å². The van der Waals surface area contributed by atoms with Crippen molar-refractivity contribution in [2.45, 2.75) is 11.4 Å². The van der Waals surface area contributed by atoms with Crippen LogP contribution in [0.4, 0.5) is 5.95 Å². The maximum absolute atomic E-state index is 11.9. The van der Waals surface area contributed by atoms with E-state index in [-0.39, 0.29) is 17.4 Å². The van der Waals surface area contributed by atoms with Crippen molar-refractivity contribution in [3.05, 3.63) is 35.7 Å². The molecule has 0 aliphatic heterocycles. The van der Waals surface area contributed by atoms with E-state index < -0.39 is 15.7 Å². The molecule has 0 saturated heterocycles. The Hall–Kier alpha value is -2.46. The molecular weight excluding hydrogens is 344 g/mol. The van der Waals surface area contributed by atoms with E-state index in [0.29, 0.717) is 10.7 Å². The standard InChI is InChI=1S/C12H11ClN6O3S/c1-23(21,22)9-4-14-18(6-9)7-11(20)16-12-15-10-3-2-8(13)5-19(10)17-12/h2-6H,7H2,1H3,(H,16,17,20). The fraction of sp³-hybridized carbons (Fsp3) is 0.167. The Morgan fingerprint density at radius 3 is 2.83 bits per heavy atom. The number of sulfone groups is 1. The monoisotopic (exact) mass is 354 g/mol. The molecular formula is C12H11ClN6O3S. The lowest BCUT2D eigenvalue weighted by Gasteiger charge is -2.00. The summed E-state index contributed by atoms with van der Waals surface area (Å²) in [5, 5.41) is 10.9. The number of rotatable bonds is 4. The second kappa shape index (κ2) is 5.63. The first-order valence-electron chi connectivity index (χ1n) is 6.35. The average Bonchev–Trinajstić information content (AvgIpc) is 3.03. The zero-order chi connectivity index (χ0) is 16.6. The molecule has 0 aliphatic carbocycles. The first kappa shape index (κ1) is 15.4. The molecule has 1 N–H and O–H groups in total. The zero-order valence-electron chi connectivity index (χ0n) is 11.8. The number of carbonyl (C=O) groups excluding carboxylic acids is 1. The van der Waals surface area contributed by atoms with Gasteiger partial charge in [0.1, 0.15) is 11.4 Å². The largest absolute Gasteiger partial charge is 0.292 e. The van der Waals surface area contributed by atoms with E-state index in [1.807, 2.05) is 0 Å². The van der Waals surface area contributed by atoms with E-state index in [0.717, 1.165) is 6.26 Å². The smallest absolute Gasteiger partial charge is 0.249 e. The number of fused-ring (bicyclic) bond motifs is 1. The lowest BCUT2D eigenvalue weighted by molar-refractivity contribution is -0.117. The van der Waals surface area contributed by atoms with Crippen LogP contribution in [0.1, 0.15) is 0 Å². The Balaban J connectivity index is 1.72. The third-order valence-corrected chi connectivity index (χ3v) is 4.18. The van der Waals surface area contributed by atoms with Gasteiger partial charge in [-0.1, -0.05) is 11.6 Å². The second-order valence-corrected chi connectivity index (χ2v) is 7.23. The summed E-state index contributed by atoms with van der Waals surface area (Å²) in [6.45, 7) is -0.161. The van der Waals surface area contributed by atoms with Crippen LogP contribution in [0.25, 0.3) is 5.65 Å². The van der Waals surface area contributed by atoms with E-state index >= 15 is 0 Å². The molecule has 0 radical (unpaired) electrons. The third-order valence-electron chi connectivity index (χ3n) is 2.89. The first-order chi connectivity index (χ1) is 10.8. The quantitative estimate of drug-likeness (QED) is 0.735. The third kappa shape index (κ3) is 3.48. The van der Waals surface area contributed by atoms with Gasteiger partial charge in [-0.3, -0.25) is 14.8 Å². The van der Waals surface area contributed by atoms with E-state index in [2.05, 4.69) is 20.5 Å². The lowest BCUT2D eigenvalue weighted by Crippen LogP contribution is -2.19. The summed E-state index contributed by atoms with van der Waals surface area (Å²) in [5.74, 6) is -0.317. The number of amides is 1. The maximum atomic E-state index is 11.9. The van der Waals surface area contributed by atoms with Gasteiger partial charge in [-0.2, -0.15) is 10.1 Å². The molecule has 3 aromatic rings. The van der Waals surface area contributed by atoms with Crippen molar-refractivity contribution in [2.75, 3.05) is 11.6 Å². The number of anilines is 1. The van der Waals surface area contributed by atoms with E-state index in [1.165, 1.54) is 21.6 Å². The SMILES string of the molecule is CS(=O)(=O)c1cnn(CC(=O)Nc2nc3ccc(Cl)cn3n2)c1. The molecule has 0 fully saturated rings. The average molecular weight is 355 g/mol. The van der Waals surface area contributed by atoms with Crippen molar-refractivity contribution >= 4 is 38.9 Å². The molecule has 1 amide bonds. The number of carbonyl (C=O) groups is 1. The molecule has 3 rings (SSSR count). The molecule has 11 heteroatoms. The molecule has 23 heavy (non-hydrogen) atoms. The van der Waals surface area contributed by atoms with Crippen molar-refractivity contribution < 1.29 is 13.2 Å². The summed E-state index contributed by atoms with van der Waals surface area (Å²) in [5.41, 5.74) is 0.531. The van der Waals surface area contributed by atoms with Gasteiger partial charge in [0.15, 0.2) is 15.5 Å². The van der Waals surface area contributed by atoms with Crippen molar-refractivity contribution in [2.24, 2.45) is 0 Å². The highest BCUT2D eigenvalue weighted by molar-refractivity contribution is 7.90. The van der Waals surface area contributed by atoms with Crippen LogP contribution in [0, 0.1) is 0 Å². The summed E-state index contributed by atoms with van der Waals surface area (Å²) in [4.78, 5) is 16.1. The van der Waals surface area contributed by atoms with Gasteiger partial charge < -0.3 is 0 Å². The highest BCUT2D eigenvalue weighted by Crippen LogP contribution is 2.11. The number of hydrogen-bond acceptors (Lipinski definition) is 6. The van der Waals surface area contributed by atoms with E-state index in [9.17, 15) is 13.2 Å². The fourth-order valence-corrected chi connectivity index (χ4v) is 2.55. The topological polar surface area (TPSA) is 111 Å². The van der Waals surface area contributed by atoms with E-state index in [1.54, 1.807) is 18.3 Å². The van der Waals surface area contributed by atoms with Crippen LogP contribution in [0.3, 0.4) is 0 Å². The van der Waals surface area contributed by atoms with Crippen LogP contribution >= 0.6 is 11.6 Å². The first-order valence-corrected chi connectivity index (χ1v) is 8.62. The molecule has 3 aromatic heterocycles. The van der Waals surface area contributed by atoms with Gasteiger partial charge in [-0.25, -0.2) is 12.9 Å². The van der Waals surface area contributed by atoms with Crippen molar-refractivity contribution in [3.8, 4) is 0 Å². The molecule has 120 valence electrons.